The van der Waals surface area contributed by atoms with Gasteiger partial charge in [-0.15, -0.1) is 0 Å². The van der Waals surface area contributed by atoms with E-state index < -0.39 is 0 Å². The van der Waals surface area contributed by atoms with E-state index in [0.717, 1.165) is 5.69 Å². The average Bonchev–Trinajstić information content (AvgIpc) is 2.30. The van der Waals surface area contributed by atoms with Gasteiger partial charge >= 0.3 is 0 Å². The molecule has 0 unspecified atom stereocenters. The first kappa shape index (κ1) is 13.5. The Bertz CT molecular complexity index is 412. The van der Waals surface area contributed by atoms with Crippen molar-refractivity contribution in [2.45, 2.75) is 32.9 Å². The molecule has 3 nitrogen and oxygen atoms in total. The third-order valence-electron chi connectivity index (χ3n) is 2.61. The Morgan fingerprint density at radius 1 is 1.47 bits per heavy atom. The molecule has 1 aromatic rings. The Labute approximate surface area is 101 Å². The third kappa shape index (κ3) is 3.43. The molecular weight excluding hydrogens is 219 g/mol. The van der Waals surface area contributed by atoms with Crippen LogP contribution in [0.25, 0.3) is 0 Å². The molecule has 0 amide bonds. The number of hydrogen-bond donors (Lipinski definition) is 1. The summed E-state index contributed by atoms with van der Waals surface area (Å²) in [5.74, 6) is -0.359. The average molecular weight is 236 g/mol. The van der Waals surface area contributed by atoms with E-state index in [4.69, 9.17) is 5.26 Å². The van der Waals surface area contributed by atoms with Gasteiger partial charge in [-0.3, -0.25) is 0 Å². The van der Waals surface area contributed by atoms with Crippen LogP contribution < -0.4 is 4.90 Å². The topological polar surface area (TPSA) is 47.3 Å². The van der Waals surface area contributed by atoms with Gasteiger partial charge in [0.25, 0.3) is 0 Å². The highest BCUT2D eigenvalue weighted by Gasteiger charge is 2.14. The molecular formula is C13H17FN2O. The number of halogens is 1. The van der Waals surface area contributed by atoms with Gasteiger partial charge in [0.15, 0.2) is 0 Å². The summed E-state index contributed by atoms with van der Waals surface area (Å²) in [6, 6.07) is 6.64. The van der Waals surface area contributed by atoms with Crippen molar-refractivity contribution in [3.8, 4) is 6.07 Å². The second-order valence-corrected chi connectivity index (χ2v) is 4.13. The Kier molecular flexibility index (Phi) is 4.92. The minimum Gasteiger partial charge on any atom is -0.392 e. The van der Waals surface area contributed by atoms with Gasteiger partial charge in [0.2, 0.25) is 0 Å². The van der Waals surface area contributed by atoms with Crippen LogP contribution >= 0.6 is 0 Å². The second-order valence-electron chi connectivity index (χ2n) is 4.13. The minimum absolute atomic E-state index is 0.194. The van der Waals surface area contributed by atoms with Crippen LogP contribution in [-0.2, 0) is 6.61 Å². The second kappa shape index (κ2) is 6.21. The van der Waals surface area contributed by atoms with Gasteiger partial charge in [-0.1, -0.05) is 0 Å². The third-order valence-corrected chi connectivity index (χ3v) is 2.61. The lowest BCUT2D eigenvalue weighted by molar-refractivity contribution is 0.281. The van der Waals surface area contributed by atoms with Crippen LogP contribution in [0.1, 0.15) is 25.8 Å². The SMILES string of the molecule is CC(C)N(CCC#N)c1ccc(F)cc1CO. The predicted octanol–water partition coefficient (Wildman–Crippen LogP) is 2.45. The quantitative estimate of drug-likeness (QED) is 0.854. The molecule has 92 valence electrons. The van der Waals surface area contributed by atoms with E-state index in [9.17, 15) is 9.50 Å². The van der Waals surface area contributed by atoms with Gasteiger partial charge in [-0.2, -0.15) is 5.26 Å². The summed E-state index contributed by atoms with van der Waals surface area (Å²) in [6.45, 7) is 4.37. The minimum atomic E-state index is -0.359. The summed E-state index contributed by atoms with van der Waals surface area (Å²) in [7, 11) is 0. The van der Waals surface area contributed by atoms with Gasteiger partial charge in [0.05, 0.1) is 19.1 Å². The number of benzene rings is 1. The van der Waals surface area contributed by atoms with Crippen LogP contribution in [0.2, 0.25) is 0 Å². The number of aliphatic hydroxyl groups excluding tert-OH is 1. The van der Waals surface area contributed by atoms with E-state index in [1.165, 1.54) is 12.1 Å². The Hall–Kier alpha value is -1.60. The smallest absolute Gasteiger partial charge is 0.123 e. The maximum absolute atomic E-state index is 13.1. The maximum atomic E-state index is 13.1. The van der Waals surface area contributed by atoms with Crippen LogP contribution in [0.15, 0.2) is 18.2 Å². The van der Waals surface area contributed by atoms with Gasteiger partial charge in [0.1, 0.15) is 5.82 Å². The number of rotatable bonds is 5. The van der Waals surface area contributed by atoms with E-state index in [0.29, 0.717) is 18.5 Å². The first-order chi connectivity index (χ1) is 8.10. The molecule has 0 bridgehead atoms. The van der Waals surface area contributed by atoms with Crippen molar-refractivity contribution in [3.05, 3.63) is 29.6 Å². The van der Waals surface area contributed by atoms with Crippen LogP contribution in [0.3, 0.4) is 0 Å². The van der Waals surface area contributed by atoms with E-state index in [1.54, 1.807) is 6.07 Å². The largest absolute Gasteiger partial charge is 0.392 e. The van der Waals surface area contributed by atoms with Gasteiger partial charge in [-0.25, -0.2) is 4.39 Å². The predicted molar refractivity (Wildman–Crippen MR) is 65.0 cm³/mol. The van der Waals surface area contributed by atoms with Crippen molar-refractivity contribution in [2.75, 3.05) is 11.4 Å². The number of aliphatic hydroxyl groups is 1. The Morgan fingerprint density at radius 3 is 2.71 bits per heavy atom. The molecule has 0 fully saturated rings. The van der Waals surface area contributed by atoms with Gasteiger partial charge < -0.3 is 10.0 Å². The van der Waals surface area contributed by atoms with Crippen LogP contribution in [-0.4, -0.2) is 17.7 Å². The molecule has 4 heteroatoms. The standard InChI is InChI=1S/C13H17FN2O/c1-10(2)16(7-3-6-15)13-5-4-12(14)8-11(13)9-17/h4-5,8,10,17H,3,7,9H2,1-2H3. The van der Waals surface area contributed by atoms with Crippen molar-refractivity contribution in [2.24, 2.45) is 0 Å². The number of nitriles is 1. The summed E-state index contributed by atoms with van der Waals surface area (Å²) in [5, 5.41) is 17.9. The zero-order valence-electron chi connectivity index (χ0n) is 10.2. The fourth-order valence-electron chi connectivity index (χ4n) is 1.79. The van der Waals surface area contributed by atoms with E-state index in [1.807, 2.05) is 18.7 Å². The zero-order chi connectivity index (χ0) is 12.8. The molecule has 0 heterocycles. The van der Waals surface area contributed by atoms with Crippen LogP contribution in [0.4, 0.5) is 10.1 Å². The molecule has 0 aromatic heterocycles. The first-order valence-electron chi connectivity index (χ1n) is 5.63. The van der Waals surface area contributed by atoms with Crippen molar-refractivity contribution in [1.82, 2.24) is 0 Å². The lowest BCUT2D eigenvalue weighted by Crippen LogP contribution is -2.32. The van der Waals surface area contributed by atoms with Crippen molar-refractivity contribution < 1.29 is 9.50 Å². The zero-order valence-corrected chi connectivity index (χ0v) is 10.2. The molecule has 0 saturated heterocycles. The summed E-state index contributed by atoms with van der Waals surface area (Å²) >= 11 is 0. The number of anilines is 1. The summed E-state index contributed by atoms with van der Waals surface area (Å²) in [5.41, 5.74) is 1.34. The summed E-state index contributed by atoms with van der Waals surface area (Å²) in [6.07, 6.45) is 0.403. The highest BCUT2D eigenvalue weighted by atomic mass is 19.1. The highest BCUT2D eigenvalue weighted by molar-refractivity contribution is 5.54. The van der Waals surface area contributed by atoms with E-state index >= 15 is 0 Å². The molecule has 1 rings (SSSR count). The van der Waals surface area contributed by atoms with Gasteiger partial charge in [0, 0.05) is 23.8 Å². The maximum Gasteiger partial charge on any atom is 0.123 e. The lowest BCUT2D eigenvalue weighted by Gasteiger charge is -2.30. The monoisotopic (exact) mass is 236 g/mol. The first-order valence-corrected chi connectivity index (χ1v) is 5.63. The highest BCUT2D eigenvalue weighted by Crippen LogP contribution is 2.24. The van der Waals surface area contributed by atoms with E-state index in [2.05, 4.69) is 6.07 Å². The van der Waals surface area contributed by atoms with Crippen LogP contribution in [0.5, 0.6) is 0 Å². The molecule has 0 aliphatic carbocycles. The number of nitrogens with zero attached hydrogens (tertiary/aromatic N) is 2. The molecule has 0 aliphatic heterocycles. The van der Waals surface area contributed by atoms with E-state index in [-0.39, 0.29) is 18.5 Å². The molecule has 0 aliphatic rings. The molecule has 0 radical (unpaired) electrons. The molecule has 1 N–H and O–H groups in total. The lowest BCUT2D eigenvalue weighted by atomic mass is 10.1. The fraction of sp³-hybridized carbons (Fsp3) is 0.462. The summed E-state index contributed by atoms with van der Waals surface area (Å²) < 4.78 is 13.1. The molecule has 17 heavy (non-hydrogen) atoms. The molecule has 1 aromatic carbocycles. The normalized spacial score (nSPS) is 10.4. The van der Waals surface area contributed by atoms with Crippen LogP contribution in [0, 0.1) is 17.1 Å². The number of hydrogen-bond acceptors (Lipinski definition) is 3. The van der Waals surface area contributed by atoms with Crippen molar-refractivity contribution in [1.29, 1.82) is 5.26 Å². The fourth-order valence-corrected chi connectivity index (χ4v) is 1.79. The summed E-state index contributed by atoms with van der Waals surface area (Å²) in [4.78, 5) is 1.99. The Morgan fingerprint density at radius 2 is 2.18 bits per heavy atom. The molecule has 0 spiro atoms. The van der Waals surface area contributed by atoms with Crippen molar-refractivity contribution in [3.63, 3.8) is 0 Å². The Balaban J connectivity index is 3.05. The molecule has 0 atom stereocenters. The molecule has 0 saturated carbocycles. The van der Waals surface area contributed by atoms with Gasteiger partial charge in [-0.05, 0) is 32.0 Å². The van der Waals surface area contributed by atoms with Crippen molar-refractivity contribution >= 4 is 5.69 Å².